The number of ketones is 1. The second-order valence-corrected chi connectivity index (χ2v) is 4.75. The third-order valence-corrected chi connectivity index (χ3v) is 2.98. The van der Waals surface area contributed by atoms with E-state index in [0.29, 0.717) is 5.56 Å². The van der Waals surface area contributed by atoms with Crippen LogP contribution in [0.4, 0.5) is 0 Å². The maximum absolute atomic E-state index is 11.9. The number of carbonyl (C=O) groups excluding carboxylic acids is 1. The number of nitrogens with one attached hydrogen (secondary N) is 1. The lowest BCUT2D eigenvalue weighted by Gasteiger charge is -1.99. The molecule has 1 aromatic heterocycles. The number of hydrogen-bond donors (Lipinski definition) is 2. The molecule has 0 fully saturated rings. The molecule has 2 rings (SSSR count). The summed E-state index contributed by atoms with van der Waals surface area (Å²) < 4.78 is 0.910. The number of aromatic amines is 1. The standard InChI is InChI=1S/C13H10BrNO3/c14-10-3-1-2-8(4-10)5-12(16)9-6-11(13(17)18)15-7-9/h1-4,6-7,15H,5H2,(H,17,18). The number of hydrogen-bond acceptors (Lipinski definition) is 2. The number of Topliss-reactive ketones (excluding diaryl/α,β-unsaturated/α-hetero) is 1. The van der Waals surface area contributed by atoms with Gasteiger partial charge in [-0.3, -0.25) is 4.79 Å². The highest BCUT2D eigenvalue weighted by Gasteiger charge is 2.12. The van der Waals surface area contributed by atoms with Crippen LogP contribution in [0.2, 0.25) is 0 Å². The fourth-order valence-electron chi connectivity index (χ4n) is 1.61. The van der Waals surface area contributed by atoms with Crippen molar-refractivity contribution < 1.29 is 14.7 Å². The molecular weight excluding hydrogens is 298 g/mol. The molecule has 1 aromatic carbocycles. The van der Waals surface area contributed by atoms with Gasteiger partial charge in [0.1, 0.15) is 5.69 Å². The van der Waals surface area contributed by atoms with Gasteiger partial charge in [-0.15, -0.1) is 0 Å². The van der Waals surface area contributed by atoms with Crippen LogP contribution in [0.5, 0.6) is 0 Å². The predicted molar refractivity (Wildman–Crippen MR) is 69.9 cm³/mol. The van der Waals surface area contributed by atoms with Crippen LogP contribution in [0.3, 0.4) is 0 Å². The monoisotopic (exact) mass is 307 g/mol. The number of carboxylic acid groups (broad SMARTS) is 1. The van der Waals surface area contributed by atoms with E-state index in [9.17, 15) is 9.59 Å². The maximum atomic E-state index is 11.9. The minimum absolute atomic E-state index is 0.0209. The predicted octanol–water partition coefficient (Wildman–Crippen LogP) is 2.90. The SMILES string of the molecule is O=C(Cc1cccc(Br)c1)c1c[nH]c(C(=O)O)c1. The Hall–Kier alpha value is -1.88. The molecule has 18 heavy (non-hydrogen) atoms. The first-order valence-electron chi connectivity index (χ1n) is 5.25. The minimum atomic E-state index is -1.07. The summed E-state index contributed by atoms with van der Waals surface area (Å²) in [5.41, 5.74) is 1.28. The Morgan fingerprint density at radius 1 is 1.28 bits per heavy atom. The zero-order valence-corrected chi connectivity index (χ0v) is 10.9. The largest absolute Gasteiger partial charge is 0.477 e. The highest BCUT2D eigenvalue weighted by Crippen LogP contribution is 2.14. The van der Waals surface area contributed by atoms with Gasteiger partial charge in [-0.25, -0.2) is 4.79 Å². The molecular formula is C13H10BrNO3. The van der Waals surface area contributed by atoms with E-state index in [1.54, 1.807) is 0 Å². The van der Waals surface area contributed by atoms with Gasteiger partial charge in [0.2, 0.25) is 0 Å². The second kappa shape index (κ2) is 5.18. The summed E-state index contributed by atoms with van der Waals surface area (Å²) in [6.07, 6.45) is 1.67. The molecule has 0 bridgehead atoms. The third-order valence-electron chi connectivity index (χ3n) is 2.49. The molecule has 5 heteroatoms. The number of carboxylic acids is 1. The zero-order chi connectivity index (χ0) is 13.1. The molecule has 0 saturated heterocycles. The summed E-state index contributed by atoms with van der Waals surface area (Å²) in [6.45, 7) is 0. The molecule has 92 valence electrons. The van der Waals surface area contributed by atoms with Crippen molar-refractivity contribution in [2.24, 2.45) is 0 Å². The average Bonchev–Trinajstić information content (AvgIpc) is 2.78. The van der Waals surface area contributed by atoms with Gasteiger partial charge >= 0.3 is 5.97 Å². The fourth-order valence-corrected chi connectivity index (χ4v) is 2.06. The first kappa shape index (κ1) is 12.6. The molecule has 0 spiro atoms. The van der Waals surface area contributed by atoms with Crippen LogP contribution in [0.25, 0.3) is 0 Å². The Morgan fingerprint density at radius 3 is 2.67 bits per heavy atom. The molecule has 4 nitrogen and oxygen atoms in total. The number of H-pyrrole nitrogens is 1. The van der Waals surface area contributed by atoms with E-state index in [1.807, 2.05) is 24.3 Å². The topological polar surface area (TPSA) is 70.2 Å². The van der Waals surface area contributed by atoms with Crippen molar-refractivity contribution in [2.75, 3.05) is 0 Å². The zero-order valence-electron chi connectivity index (χ0n) is 9.31. The van der Waals surface area contributed by atoms with Gasteiger partial charge in [0.15, 0.2) is 5.78 Å². The van der Waals surface area contributed by atoms with Crippen LogP contribution in [0.15, 0.2) is 41.0 Å². The van der Waals surface area contributed by atoms with Crippen LogP contribution in [0.1, 0.15) is 26.4 Å². The summed E-state index contributed by atoms with van der Waals surface area (Å²) in [6, 6.07) is 8.80. The van der Waals surface area contributed by atoms with E-state index < -0.39 is 5.97 Å². The van der Waals surface area contributed by atoms with Gasteiger partial charge < -0.3 is 10.1 Å². The molecule has 0 unspecified atom stereocenters. The Bertz CT molecular complexity index is 604. The summed E-state index contributed by atoms with van der Waals surface area (Å²) in [7, 11) is 0. The maximum Gasteiger partial charge on any atom is 0.352 e. The van der Waals surface area contributed by atoms with Gasteiger partial charge in [0.05, 0.1) is 0 Å². The van der Waals surface area contributed by atoms with Crippen LogP contribution in [-0.4, -0.2) is 21.8 Å². The molecule has 0 atom stereocenters. The first-order chi connectivity index (χ1) is 8.56. The van der Waals surface area contributed by atoms with Crippen LogP contribution in [0, 0.1) is 0 Å². The van der Waals surface area contributed by atoms with E-state index in [0.717, 1.165) is 10.0 Å². The molecule has 0 aliphatic heterocycles. The summed E-state index contributed by atoms with van der Waals surface area (Å²) in [5.74, 6) is -1.19. The molecule has 0 amide bonds. The van der Waals surface area contributed by atoms with Crippen LogP contribution >= 0.6 is 15.9 Å². The minimum Gasteiger partial charge on any atom is -0.477 e. The van der Waals surface area contributed by atoms with E-state index in [1.165, 1.54) is 12.3 Å². The van der Waals surface area contributed by atoms with E-state index in [4.69, 9.17) is 5.11 Å². The van der Waals surface area contributed by atoms with E-state index in [-0.39, 0.29) is 17.9 Å². The van der Waals surface area contributed by atoms with Crippen molar-refractivity contribution in [3.63, 3.8) is 0 Å². The number of aromatic carboxylic acids is 1. The average molecular weight is 308 g/mol. The fraction of sp³-hybridized carbons (Fsp3) is 0.0769. The molecule has 1 heterocycles. The number of halogens is 1. The molecule has 2 aromatic rings. The van der Waals surface area contributed by atoms with Crippen molar-refractivity contribution >= 4 is 27.7 Å². The normalized spacial score (nSPS) is 10.3. The smallest absolute Gasteiger partial charge is 0.352 e. The number of aromatic nitrogens is 1. The highest BCUT2D eigenvalue weighted by molar-refractivity contribution is 9.10. The van der Waals surface area contributed by atoms with Gasteiger partial charge in [-0.1, -0.05) is 28.1 Å². The number of rotatable bonds is 4. The van der Waals surface area contributed by atoms with E-state index >= 15 is 0 Å². The van der Waals surface area contributed by atoms with Crippen molar-refractivity contribution in [3.8, 4) is 0 Å². The molecule has 2 N–H and O–H groups in total. The highest BCUT2D eigenvalue weighted by atomic mass is 79.9. The Kier molecular flexibility index (Phi) is 3.62. The summed E-state index contributed by atoms with van der Waals surface area (Å²) >= 11 is 3.34. The quantitative estimate of drug-likeness (QED) is 0.853. The first-order valence-corrected chi connectivity index (χ1v) is 6.05. The van der Waals surface area contributed by atoms with Crippen molar-refractivity contribution in [3.05, 3.63) is 57.8 Å². The lowest BCUT2D eigenvalue weighted by molar-refractivity contribution is 0.0691. The lowest BCUT2D eigenvalue weighted by Crippen LogP contribution is -2.02. The van der Waals surface area contributed by atoms with Crippen molar-refractivity contribution in [2.45, 2.75) is 6.42 Å². The van der Waals surface area contributed by atoms with Gasteiger partial charge in [0, 0.05) is 22.7 Å². The van der Waals surface area contributed by atoms with E-state index in [2.05, 4.69) is 20.9 Å². The Labute approximate surface area is 112 Å². The van der Waals surface area contributed by atoms with Gasteiger partial charge in [0.25, 0.3) is 0 Å². The molecule has 0 aliphatic carbocycles. The molecule has 0 saturated carbocycles. The van der Waals surface area contributed by atoms with Gasteiger partial charge in [-0.05, 0) is 23.8 Å². The second-order valence-electron chi connectivity index (χ2n) is 3.84. The van der Waals surface area contributed by atoms with Crippen LogP contribution < -0.4 is 0 Å². The molecule has 0 radical (unpaired) electrons. The molecule has 0 aliphatic rings. The summed E-state index contributed by atoms with van der Waals surface area (Å²) in [5, 5.41) is 8.76. The lowest BCUT2D eigenvalue weighted by atomic mass is 10.1. The van der Waals surface area contributed by atoms with Gasteiger partial charge in [-0.2, -0.15) is 0 Å². The van der Waals surface area contributed by atoms with Crippen molar-refractivity contribution in [1.82, 2.24) is 4.98 Å². The van der Waals surface area contributed by atoms with Crippen LogP contribution in [-0.2, 0) is 6.42 Å². The third kappa shape index (κ3) is 2.87. The number of carbonyl (C=O) groups is 2. The number of benzene rings is 1. The van der Waals surface area contributed by atoms with Crippen molar-refractivity contribution in [1.29, 1.82) is 0 Å². The Morgan fingerprint density at radius 2 is 2.06 bits per heavy atom. The Balaban J connectivity index is 2.14. The summed E-state index contributed by atoms with van der Waals surface area (Å²) in [4.78, 5) is 25.2.